The van der Waals surface area contributed by atoms with Crippen LogP contribution in [0.3, 0.4) is 0 Å². The van der Waals surface area contributed by atoms with E-state index in [0.717, 1.165) is 100 Å². The highest BCUT2D eigenvalue weighted by molar-refractivity contribution is 6.02. The predicted molar refractivity (Wildman–Crippen MR) is 343 cm³/mol. The number of benzene rings is 5. The van der Waals surface area contributed by atoms with E-state index < -0.39 is 0 Å². The summed E-state index contributed by atoms with van der Waals surface area (Å²) in [5.74, 6) is 0. The van der Waals surface area contributed by atoms with Gasteiger partial charge in [0, 0.05) is 44.3 Å². The van der Waals surface area contributed by atoms with Gasteiger partial charge in [-0.2, -0.15) is 5.26 Å². The lowest BCUT2D eigenvalue weighted by atomic mass is 9.78. The van der Waals surface area contributed by atoms with E-state index in [2.05, 4.69) is 280 Å². The van der Waals surface area contributed by atoms with Gasteiger partial charge in [-0.05, 0) is 160 Å². The van der Waals surface area contributed by atoms with E-state index in [0.29, 0.717) is 5.56 Å². The van der Waals surface area contributed by atoms with Gasteiger partial charge in [0.25, 0.3) is 0 Å². The Labute approximate surface area is 477 Å². The first-order valence-electron chi connectivity index (χ1n) is 28.6. The van der Waals surface area contributed by atoms with Crippen LogP contribution in [0.5, 0.6) is 0 Å². The molecule has 2 aliphatic heterocycles. The van der Waals surface area contributed by atoms with Crippen LogP contribution in [0.15, 0.2) is 127 Å². The zero-order valence-electron chi connectivity index (χ0n) is 50.8. The van der Waals surface area contributed by atoms with Crippen molar-refractivity contribution in [2.75, 3.05) is 0 Å². The standard InChI is InChI=1S/C75H81N5/c1-70(2,3)50-35-47(36-51(41-50)71(4,5)6)66-58-27-29-60(77-58)67(48-37-52(72(7,8)9)42-53(38-48)73(10,11)12)62-31-33-64(79-62)69(57-22-20-19-21-56(57)46-25-23-45(44-76)24-26-46)65-34-32-63(80-65)68(61-30-28-59(66)78-61)49-39-54(74(13,14)15)43-55(40-49)75(16,17)18/h19-43,77,80H,1-18H3. The summed E-state index contributed by atoms with van der Waals surface area (Å²) in [6.45, 7) is 41.5. The number of fused-ring (bicyclic) bond motifs is 8. The van der Waals surface area contributed by atoms with Crippen molar-refractivity contribution in [1.82, 2.24) is 19.9 Å². The van der Waals surface area contributed by atoms with Crippen molar-refractivity contribution in [2.24, 2.45) is 0 Å². The molecule has 2 N–H and O–H groups in total. The Morgan fingerprint density at radius 2 is 0.588 bits per heavy atom. The maximum Gasteiger partial charge on any atom is 0.0991 e. The van der Waals surface area contributed by atoms with Gasteiger partial charge in [0.1, 0.15) is 0 Å². The van der Waals surface area contributed by atoms with Gasteiger partial charge < -0.3 is 9.97 Å². The molecule has 0 spiro atoms. The van der Waals surface area contributed by atoms with Gasteiger partial charge in [0.15, 0.2) is 0 Å². The summed E-state index contributed by atoms with van der Waals surface area (Å²) in [6, 6.07) is 49.3. The third kappa shape index (κ3) is 10.9. The smallest absolute Gasteiger partial charge is 0.0991 e. The van der Waals surface area contributed by atoms with E-state index in [9.17, 15) is 5.26 Å². The molecular formula is C75H81N5. The topological polar surface area (TPSA) is 81.2 Å². The van der Waals surface area contributed by atoms with Crippen LogP contribution in [0.4, 0.5) is 0 Å². The van der Waals surface area contributed by atoms with Crippen molar-refractivity contribution in [3.63, 3.8) is 0 Å². The molecule has 5 nitrogen and oxygen atoms in total. The molecule has 10 rings (SSSR count). The number of nitriles is 1. The third-order valence-electron chi connectivity index (χ3n) is 16.1. The second kappa shape index (κ2) is 19.8. The largest absolute Gasteiger partial charge is 0.354 e. The molecule has 406 valence electrons. The summed E-state index contributed by atoms with van der Waals surface area (Å²) in [7, 11) is 0. The maximum absolute atomic E-state index is 9.83. The first-order chi connectivity index (χ1) is 37.3. The molecule has 0 saturated carbocycles. The van der Waals surface area contributed by atoms with Gasteiger partial charge in [-0.1, -0.05) is 216 Å². The van der Waals surface area contributed by atoms with E-state index in [1.165, 1.54) is 33.4 Å². The van der Waals surface area contributed by atoms with E-state index in [1.807, 2.05) is 12.1 Å². The molecule has 5 aromatic carbocycles. The predicted octanol–water partition coefficient (Wildman–Crippen LogP) is 20.6. The van der Waals surface area contributed by atoms with Gasteiger partial charge >= 0.3 is 0 Å². The molecule has 8 bridgehead atoms. The minimum atomic E-state index is -0.120. The minimum Gasteiger partial charge on any atom is -0.354 e. The molecule has 0 fully saturated rings. The Balaban J connectivity index is 1.44. The van der Waals surface area contributed by atoms with Gasteiger partial charge in [-0.15, -0.1) is 0 Å². The van der Waals surface area contributed by atoms with E-state index >= 15 is 0 Å². The second-order valence-corrected chi connectivity index (χ2v) is 28.6. The van der Waals surface area contributed by atoms with Crippen molar-refractivity contribution in [1.29, 1.82) is 5.26 Å². The molecular weight excluding hydrogens is 971 g/mol. The molecule has 0 unspecified atom stereocenters. The van der Waals surface area contributed by atoms with E-state index in [-0.39, 0.29) is 32.5 Å². The molecule has 0 atom stereocenters. The lowest BCUT2D eigenvalue weighted by Gasteiger charge is -2.26. The lowest BCUT2D eigenvalue weighted by molar-refractivity contribution is 0.568. The Morgan fingerprint density at radius 1 is 0.312 bits per heavy atom. The number of aromatic nitrogens is 4. The quantitative estimate of drug-likeness (QED) is 0.180. The molecule has 0 saturated heterocycles. The van der Waals surface area contributed by atoms with Gasteiger partial charge in [-0.3, -0.25) is 0 Å². The molecule has 2 aliphatic rings. The number of H-pyrrole nitrogens is 2. The van der Waals surface area contributed by atoms with E-state index in [1.54, 1.807) is 0 Å². The number of nitrogens with zero attached hydrogens (tertiary/aromatic N) is 3. The fraction of sp³-hybridized carbons (Fsp3) is 0.320. The molecule has 0 amide bonds. The SMILES string of the molecule is CC(C)(C)c1cc(-c2c3nc(c(-c4cc(C(C)(C)C)cc(C(C)(C)C)c4)c4ccc([nH]4)c(-c4ccccc4-c4ccc(C#N)cc4)c4nc(c(-c5cc(C(C)(C)C)cc(C(C)(C)C)c5)c5ccc2[nH]5)C=C4)C=C3)cc(C(C)(C)C)c1. The van der Waals surface area contributed by atoms with Crippen molar-refractivity contribution < 1.29 is 0 Å². The van der Waals surface area contributed by atoms with Crippen molar-refractivity contribution in [2.45, 2.75) is 157 Å². The zero-order valence-corrected chi connectivity index (χ0v) is 50.8. The Bertz CT molecular complexity index is 3870. The van der Waals surface area contributed by atoms with Crippen LogP contribution in [-0.4, -0.2) is 19.9 Å². The average molecular weight is 1050 g/mol. The number of hydrogen-bond donors (Lipinski definition) is 2. The fourth-order valence-electron chi connectivity index (χ4n) is 11.0. The summed E-state index contributed by atoms with van der Waals surface area (Å²) in [4.78, 5) is 19.8. The minimum absolute atomic E-state index is 0.112. The Hall–Kier alpha value is -7.81. The summed E-state index contributed by atoms with van der Waals surface area (Å²) in [6.07, 6.45) is 8.86. The van der Waals surface area contributed by atoms with Gasteiger partial charge in [0.2, 0.25) is 0 Å². The highest BCUT2D eigenvalue weighted by atomic mass is 14.8. The Morgan fingerprint density at radius 3 is 0.875 bits per heavy atom. The molecule has 0 radical (unpaired) electrons. The highest BCUT2D eigenvalue weighted by Crippen LogP contribution is 2.45. The first-order valence-corrected chi connectivity index (χ1v) is 28.6. The molecule has 80 heavy (non-hydrogen) atoms. The third-order valence-corrected chi connectivity index (χ3v) is 16.1. The first kappa shape index (κ1) is 55.5. The van der Waals surface area contributed by atoms with Crippen LogP contribution < -0.4 is 0 Å². The fourth-order valence-corrected chi connectivity index (χ4v) is 11.0. The van der Waals surface area contributed by atoms with Gasteiger partial charge in [-0.25, -0.2) is 9.97 Å². The van der Waals surface area contributed by atoms with Gasteiger partial charge in [0.05, 0.1) is 34.4 Å². The van der Waals surface area contributed by atoms with Crippen LogP contribution in [0.1, 0.15) is 186 Å². The molecule has 5 heterocycles. The summed E-state index contributed by atoms with van der Waals surface area (Å²) in [5.41, 5.74) is 25.3. The monoisotopic (exact) mass is 1050 g/mol. The van der Waals surface area contributed by atoms with Crippen molar-refractivity contribution in [3.8, 4) is 61.7 Å². The highest BCUT2D eigenvalue weighted by Gasteiger charge is 2.28. The van der Waals surface area contributed by atoms with Crippen LogP contribution in [0.25, 0.3) is 102 Å². The van der Waals surface area contributed by atoms with Crippen LogP contribution in [-0.2, 0) is 32.5 Å². The maximum atomic E-state index is 9.83. The normalized spacial score (nSPS) is 13.3. The summed E-state index contributed by atoms with van der Waals surface area (Å²) in [5, 5.41) is 9.83. The number of rotatable bonds is 5. The lowest BCUT2D eigenvalue weighted by Crippen LogP contribution is -2.16. The molecule has 8 aromatic rings. The van der Waals surface area contributed by atoms with E-state index in [4.69, 9.17) is 9.97 Å². The van der Waals surface area contributed by atoms with Crippen LogP contribution in [0, 0.1) is 11.3 Å². The number of nitrogens with one attached hydrogen (secondary N) is 2. The van der Waals surface area contributed by atoms with Crippen molar-refractivity contribution >= 4 is 46.4 Å². The van der Waals surface area contributed by atoms with Crippen molar-refractivity contribution in [3.05, 3.63) is 189 Å². The summed E-state index contributed by atoms with van der Waals surface area (Å²) < 4.78 is 0. The molecule has 3 aromatic heterocycles. The zero-order chi connectivity index (χ0) is 57.6. The average Bonchev–Trinajstić information content (AvgIpc) is 4.31. The molecule has 5 heteroatoms. The van der Waals surface area contributed by atoms with Crippen LogP contribution in [0.2, 0.25) is 0 Å². The molecule has 0 aliphatic carbocycles. The number of hydrogen-bond acceptors (Lipinski definition) is 3. The second-order valence-electron chi connectivity index (χ2n) is 28.6. The Kier molecular flexibility index (Phi) is 13.7. The summed E-state index contributed by atoms with van der Waals surface area (Å²) >= 11 is 0. The number of aromatic amines is 2. The van der Waals surface area contributed by atoms with Crippen LogP contribution >= 0.6 is 0 Å².